The topological polar surface area (TPSA) is 52.6 Å². The van der Waals surface area contributed by atoms with Crippen molar-refractivity contribution in [1.82, 2.24) is 0 Å². The fraction of sp³-hybridized carbons (Fsp3) is 0.625. The van der Waals surface area contributed by atoms with Crippen LogP contribution in [0.2, 0.25) is 0 Å². The number of hydrogen-bond acceptors (Lipinski definition) is 4. The first kappa shape index (κ1) is 12.3. The van der Waals surface area contributed by atoms with E-state index >= 15 is 0 Å². The minimum absolute atomic E-state index is 0.0638. The van der Waals surface area contributed by atoms with Crippen LogP contribution in [0.25, 0.3) is 0 Å². The van der Waals surface area contributed by atoms with Gasteiger partial charge in [-0.3, -0.25) is 0 Å². The molecule has 76 valence electrons. The molecule has 0 atom stereocenters. The Morgan fingerprint density at radius 2 is 2.00 bits per heavy atom. The SMILES string of the molecule is CC.Cc1oc(=O)oc1COCCl. The predicted octanol–water partition coefficient (Wildman–Crippen LogP) is 2.28. The quantitative estimate of drug-likeness (QED) is 0.716. The molecule has 5 heteroatoms. The smallest absolute Gasteiger partial charge is 0.396 e. The molecule has 1 aromatic heterocycles. The Kier molecular flexibility index (Phi) is 6.36. The monoisotopic (exact) mass is 208 g/mol. The average Bonchev–Trinajstić information content (AvgIpc) is 2.45. The van der Waals surface area contributed by atoms with Crippen molar-refractivity contribution < 1.29 is 13.6 Å². The highest BCUT2D eigenvalue weighted by Gasteiger charge is 2.06. The van der Waals surface area contributed by atoms with Crippen LogP contribution in [0.4, 0.5) is 0 Å². The van der Waals surface area contributed by atoms with Gasteiger partial charge in [-0.15, -0.1) is 0 Å². The van der Waals surface area contributed by atoms with Gasteiger partial charge in [0.25, 0.3) is 0 Å². The number of hydrogen-bond donors (Lipinski definition) is 0. The Morgan fingerprint density at radius 1 is 1.38 bits per heavy atom. The molecular formula is C8H13ClO4. The fourth-order valence-electron chi connectivity index (χ4n) is 0.638. The minimum Gasteiger partial charge on any atom is -0.396 e. The van der Waals surface area contributed by atoms with E-state index in [4.69, 9.17) is 16.3 Å². The average molecular weight is 209 g/mol. The summed E-state index contributed by atoms with van der Waals surface area (Å²) < 4.78 is 14.0. The van der Waals surface area contributed by atoms with Gasteiger partial charge in [-0.1, -0.05) is 25.4 Å². The number of ether oxygens (including phenoxy) is 1. The van der Waals surface area contributed by atoms with Crippen LogP contribution in [0, 0.1) is 6.92 Å². The van der Waals surface area contributed by atoms with E-state index in [1.807, 2.05) is 13.8 Å². The van der Waals surface area contributed by atoms with Crippen LogP contribution in [-0.4, -0.2) is 6.07 Å². The molecule has 0 saturated carbocycles. The molecule has 0 aliphatic heterocycles. The van der Waals surface area contributed by atoms with Crippen LogP contribution in [0.1, 0.15) is 25.4 Å². The van der Waals surface area contributed by atoms with Crippen molar-refractivity contribution in [3.63, 3.8) is 0 Å². The molecule has 0 radical (unpaired) electrons. The summed E-state index contributed by atoms with van der Waals surface area (Å²) in [7, 11) is 0. The lowest BCUT2D eigenvalue weighted by Gasteiger charge is -1.93. The molecule has 0 unspecified atom stereocenters. The highest BCUT2D eigenvalue weighted by Crippen LogP contribution is 2.05. The molecule has 1 heterocycles. The number of halogens is 1. The fourth-order valence-corrected chi connectivity index (χ4v) is 0.715. The summed E-state index contributed by atoms with van der Waals surface area (Å²) in [5.41, 5.74) is 0. The van der Waals surface area contributed by atoms with Crippen molar-refractivity contribution in [3.05, 3.63) is 22.1 Å². The molecular weight excluding hydrogens is 196 g/mol. The lowest BCUT2D eigenvalue weighted by molar-refractivity contribution is 0.144. The summed E-state index contributed by atoms with van der Waals surface area (Å²) in [6.45, 7) is 5.79. The Morgan fingerprint density at radius 3 is 2.38 bits per heavy atom. The van der Waals surface area contributed by atoms with Crippen molar-refractivity contribution in [2.24, 2.45) is 0 Å². The summed E-state index contributed by atoms with van der Waals surface area (Å²) in [6.07, 6.45) is 0. The molecule has 0 saturated heterocycles. The minimum atomic E-state index is -0.712. The van der Waals surface area contributed by atoms with E-state index in [2.05, 4.69) is 8.83 Å². The Hall–Kier alpha value is -0.740. The molecule has 0 aliphatic carbocycles. The second-order valence-corrected chi connectivity index (χ2v) is 2.11. The molecule has 0 spiro atoms. The largest absolute Gasteiger partial charge is 0.519 e. The van der Waals surface area contributed by atoms with Gasteiger partial charge in [-0.2, -0.15) is 0 Å². The molecule has 1 aromatic rings. The van der Waals surface area contributed by atoms with Crippen molar-refractivity contribution >= 4 is 11.6 Å². The predicted molar refractivity (Wildman–Crippen MR) is 48.8 cm³/mol. The van der Waals surface area contributed by atoms with Crippen LogP contribution in [0.15, 0.2) is 13.6 Å². The van der Waals surface area contributed by atoms with E-state index in [0.717, 1.165) is 0 Å². The Balaban J connectivity index is 0.000000671. The van der Waals surface area contributed by atoms with Crippen LogP contribution in [-0.2, 0) is 11.3 Å². The second-order valence-electron chi connectivity index (χ2n) is 1.89. The van der Waals surface area contributed by atoms with Crippen LogP contribution < -0.4 is 5.82 Å². The van der Waals surface area contributed by atoms with Gasteiger partial charge in [0.05, 0.1) is 0 Å². The van der Waals surface area contributed by atoms with Gasteiger partial charge in [-0.05, 0) is 6.92 Å². The van der Waals surface area contributed by atoms with Gasteiger partial charge in [-0.25, -0.2) is 4.79 Å². The first-order valence-electron chi connectivity index (χ1n) is 3.97. The molecule has 4 nitrogen and oxygen atoms in total. The van der Waals surface area contributed by atoms with E-state index in [0.29, 0.717) is 11.5 Å². The summed E-state index contributed by atoms with van der Waals surface area (Å²) in [5.74, 6) is 0.103. The first-order valence-corrected chi connectivity index (χ1v) is 4.50. The van der Waals surface area contributed by atoms with E-state index < -0.39 is 5.82 Å². The molecule has 0 aromatic carbocycles. The standard InChI is InChI=1S/C6H7ClO4.C2H6/c1-4-5(2-9-3-7)11-6(8)10-4;1-2/h2-3H2,1H3;1-2H3. The molecule has 0 fully saturated rings. The molecule has 0 aliphatic rings. The zero-order valence-corrected chi connectivity index (χ0v) is 8.68. The van der Waals surface area contributed by atoms with Gasteiger partial charge in [0.15, 0.2) is 5.76 Å². The van der Waals surface area contributed by atoms with Crippen LogP contribution >= 0.6 is 11.6 Å². The lowest BCUT2D eigenvalue weighted by Crippen LogP contribution is -1.91. The maximum atomic E-state index is 10.5. The summed E-state index contributed by atoms with van der Waals surface area (Å²) in [6, 6.07) is 0.0638. The normalized spacial score (nSPS) is 9.23. The summed E-state index contributed by atoms with van der Waals surface area (Å²) in [5, 5.41) is 0. The second kappa shape index (κ2) is 6.74. The van der Waals surface area contributed by atoms with Gasteiger partial charge >= 0.3 is 5.82 Å². The van der Waals surface area contributed by atoms with Crippen LogP contribution in [0.3, 0.4) is 0 Å². The van der Waals surface area contributed by atoms with Crippen molar-refractivity contribution in [3.8, 4) is 0 Å². The van der Waals surface area contributed by atoms with E-state index in [1.54, 1.807) is 6.92 Å². The van der Waals surface area contributed by atoms with Crippen LogP contribution in [0.5, 0.6) is 0 Å². The third-order valence-corrected chi connectivity index (χ3v) is 1.30. The zero-order chi connectivity index (χ0) is 10.3. The van der Waals surface area contributed by atoms with E-state index in [-0.39, 0.29) is 12.7 Å². The van der Waals surface area contributed by atoms with E-state index in [9.17, 15) is 4.79 Å². The lowest BCUT2D eigenvalue weighted by atomic mass is 10.4. The van der Waals surface area contributed by atoms with Gasteiger partial charge in [0.1, 0.15) is 18.4 Å². The number of aryl methyl sites for hydroxylation is 1. The number of rotatable bonds is 3. The Labute approximate surface area is 81.4 Å². The molecule has 0 N–H and O–H groups in total. The molecule has 1 rings (SSSR count). The maximum Gasteiger partial charge on any atom is 0.519 e. The molecule has 0 bridgehead atoms. The zero-order valence-electron chi connectivity index (χ0n) is 7.93. The highest BCUT2D eigenvalue weighted by atomic mass is 35.5. The highest BCUT2D eigenvalue weighted by molar-refractivity contribution is 6.17. The van der Waals surface area contributed by atoms with Crippen molar-refractivity contribution in [2.45, 2.75) is 27.4 Å². The van der Waals surface area contributed by atoms with Crippen molar-refractivity contribution in [1.29, 1.82) is 0 Å². The third-order valence-electron chi connectivity index (χ3n) is 1.15. The van der Waals surface area contributed by atoms with Gasteiger partial charge in [0, 0.05) is 0 Å². The molecule has 13 heavy (non-hydrogen) atoms. The third kappa shape index (κ3) is 4.15. The first-order chi connectivity index (χ1) is 6.24. The summed E-state index contributed by atoms with van der Waals surface area (Å²) >= 11 is 5.24. The number of alkyl halides is 1. The van der Waals surface area contributed by atoms with E-state index in [1.165, 1.54) is 0 Å². The summed E-state index contributed by atoms with van der Waals surface area (Å²) in [4.78, 5) is 10.5. The van der Waals surface area contributed by atoms with Gasteiger partial charge < -0.3 is 13.6 Å². The molecule has 0 amide bonds. The van der Waals surface area contributed by atoms with Gasteiger partial charge in [0.2, 0.25) is 0 Å². The Bertz CT molecular complexity index is 276. The van der Waals surface area contributed by atoms with Crippen molar-refractivity contribution in [2.75, 3.05) is 6.07 Å². The maximum absolute atomic E-state index is 10.5.